The van der Waals surface area contributed by atoms with Crippen LogP contribution in [0.3, 0.4) is 0 Å². The van der Waals surface area contributed by atoms with Crippen molar-refractivity contribution >= 4 is 17.7 Å². The second-order valence-electron chi connectivity index (χ2n) is 5.70. The molecular formula is C15H19FN2OS. The van der Waals surface area contributed by atoms with Gasteiger partial charge < -0.3 is 4.90 Å². The van der Waals surface area contributed by atoms with E-state index in [9.17, 15) is 9.18 Å². The normalized spacial score (nSPS) is 25.2. The Labute approximate surface area is 122 Å². The number of hydrogen-bond acceptors (Lipinski definition) is 3. The summed E-state index contributed by atoms with van der Waals surface area (Å²) < 4.78 is 13.1. The van der Waals surface area contributed by atoms with Gasteiger partial charge in [-0.2, -0.15) is 11.8 Å². The fourth-order valence-electron chi connectivity index (χ4n) is 2.91. The van der Waals surface area contributed by atoms with E-state index in [1.165, 1.54) is 12.1 Å². The summed E-state index contributed by atoms with van der Waals surface area (Å²) in [6.45, 7) is 2.08. The van der Waals surface area contributed by atoms with Crippen LogP contribution in [-0.4, -0.2) is 34.4 Å². The summed E-state index contributed by atoms with van der Waals surface area (Å²) in [5.41, 5.74) is 0.614. The van der Waals surface area contributed by atoms with Gasteiger partial charge >= 0.3 is 0 Å². The Kier molecular flexibility index (Phi) is 3.50. The zero-order valence-corrected chi connectivity index (χ0v) is 12.5. The molecule has 1 aliphatic carbocycles. The van der Waals surface area contributed by atoms with Crippen LogP contribution in [0, 0.1) is 5.82 Å². The van der Waals surface area contributed by atoms with Crippen LogP contribution < -0.4 is 5.32 Å². The summed E-state index contributed by atoms with van der Waals surface area (Å²) in [6, 6.07) is 6.61. The Morgan fingerprint density at radius 3 is 2.65 bits per heavy atom. The fraction of sp³-hybridized carbons (Fsp3) is 0.533. The van der Waals surface area contributed by atoms with Gasteiger partial charge in [-0.05, 0) is 43.7 Å². The van der Waals surface area contributed by atoms with Crippen LogP contribution >= 0.6 is 11.8 Å². The van der Waals surface area contributed by atoms with Gasteiger partial charge in [0.2, 0.25) is 5.91 Å². The Hall–Kier alpha value is -1.07. The van der Waals surface area contributed by atoms with Crippen molar-refractivity contribution in [2.24, 2.45) is 0 Å². The summed E-state index contributed by atoms with van der Waals surface area (Å²) in [7, 11) is 0. The van der Waals surface area contributed by atoms with E-state index in [1.54, 1.807) is 23.9 Å². The molecule has 0 radical (unpaired) electrons. The molecule has 1 spiro atoms. The van der Waals surface area contributed by atoms with Crippen LogP contribution in [-0.2, 0) is 4.79 Å². The number of hydrogen-bond donors (Lipinski definition) is 1. The van der Waals surface area contributed by atoms with Gasteiger partial charge in [-0.1, -0.05) is 12.1 Å². The third kappa shape index (κ3) is 2.23. The van der Waals surface area contributed by atoms with Crippen molar-refractivity contribution in [2.75, 3.05) is 12.0 Å². The zero-order chi connectivity index (χ0) is 14.3. The lowest BCUT2D eigenvalue weighted by atomic mass is 10.1. The van der Waals surface area contributed by atoms with Crippen molar-refractivity contribution in [3.8, 4) is 0 Å². The number of carbonyl (C=O) groups is 1. The minimum absolute atomic E-state index is 0.132. The molecule has 20 heavy (non-hydrogen) atoms. The number of thioether (sulfide) groups is 1. The molecule has 2 fully saturated rings. The molecule has 1 saturated carbocycles. The number of nitrogens with one attached hydrogen (secondary N) is 1. The lowest BCUT2D eigenvalue weighted by Crippen LogP contribution is -2.40. The molecule has 2 atom stereocenters. The Balaban J connectivity index is 1.90. The van der Waals surface area contributed by atoms with E-state index in [2.05, 4.69) is 12.2 Å². The summed E-state index contributed by atoms with van der Waals surface area (Å²) in [6.07, 6.45) is 3.73. The second kappa shape index (κ2) is 5.04. The highest BCUT2D eigenvalue weighted by molar-refractivity contribution is 7.98. The molecule has 1 N–H and O–H groups in total. The maximum absolute atomic E-state index is 13.1. The number of benzene rings is 1. The van der Waals surface area contributed by atoms with Crippen molar-refractivity contribution in [1.82, 2.24) is 10.2 Å². The van der Waals surface area contributed by atoms with Crippen LogP contribution in [0.15, 0.2) is 24.3 Å². The van der Waals surface area contributed by atoms with Crippen molar-refractivity contribution in [1.29, 1.82) is 0 Å². The number of nitrogens with zero attached hydrogens (tertiary/aromatic N) is 1. The van der Waals surface area contributed by atoms with Crippen molar-refractivity contribution < 1.29 is 9.18 Å². The molecule has 3 nitrogen and oxygen atoms in total. The highest BCUT2D eigenvalue weighted by Crippen LogP contribution is 2.46. The first-order valence-electron chi connectivity index (χ1n) is 6.92. The van der Waals surface area contributed by atoms with Crippen molar-refractivity contribution in [3.63, 3.8) is 0 Å². The molecule has 5 heteroatoms. The van der Waals surface area contributed by atoms with E-state index in [-0.39, 0.29) is 29.5 Å². The van der Waals surface area contributed by atoms with Gasteiger partial charge in [-0.3, -0.25) is 10.1 Å². The fourth-order valence-corrected chi connectivity index (χ4v) is 3.55. The highest BCUT2D eigenvalue weighted by atomic mass is 32.2. The molecule has 2 unspecified atom stereocenters. The maximum Gasteiger partial charge on any atom is 0.244 e. The number of carbonyl (C=O) groups excluding carboxylic acids is 1. The van der Waals surface area contributed by atoms with Gasteiger partial charge in [0.25, 0.3) is 0 Å². The second-order valence-corrected chi connectivity index (χ2v) is 6.61. The quantitative estimate of drug-likeness (QED) is 0.926. The van der Waals surface area contributed by atoms with E-state index >= 15 is 0 Å². The zero-order valence-electron chi connectivity index (χ0n) is 11.7. The molecule has 0 aromatic heterocycles. The highest BCUT2D eigenvalue weighted by Gasteiger charge is 2.60. The van der Waals surface area contributed by atoms with Gasteiger partial charge in [-0.15, -0.1) is 0 Å². The summed E-state index contributed by atoms with van der Waals surface area (Å²) in [4.78, 5) is 14.6. The molecule has 1 saturated heterocycles. The molecule has 1 heterocycles. The Bertz CT molecular complexity index is 515. The molecule has 1 aromatic carbocycles. The van der Waals surface area contributed by atoms with E-state index in [0.717, 1.165) is 24.2 Å². The average Bonchev–Trinajstić information content (AvgIpc) is 3.14. The van der Waals surface area contributed by atoms with Crippen LogP contribution in [0.5, 0.6) is 0 Å². The van der Waals surface area contributed by atoms with Crippen LogP contribution in [0.25, 0.3) is 0 Å². The first-order valence-corrected chi connectivity index (χ1v) is 8.32. The number of halogens is 1. The number of amides is 1. The SMILES string of the molecule is CSCC(C)N1C(=O)C2(CC2)NC1c1ccc(F)cc1. The van der Waals surface area contributed by atoms with Gasteiger partial charge in [0.05, 0.1) is 0 Å². The van der Waals surface area contributed by atoms with E-state index < -0.39 is 0 Å². The summed E-state index contributed by atoms with van der Waals surface area (Å²) in [5, 5.41) is 3.46. The van der Waals surface area contributed by atoms with E-state index in [0.29, 0.717) is 0 Å². The average molecular weight is 294 g/mol. The van der Waals surface area contributed by atoms with Gasteiger partial charge in [-0.25, -0.2) is 4.39 Å². The first-order chi connectivity index (χ1) is 9.57. The first kappa shape index (κ1) is 13.9. The Morgan fingerprint density at radius 1 is 1.45 bits per heavy atom. The van der Waals surface area contributed by atoms with Crippen LogP contribution in [0.4, 0.5) is 4.39 Å². The van der Waals surface area contributed by atoms with Crippen LogP contribution in [0.1, 0.15) is 31.5 Å². The largest absolute Gasteiger partial charge is 0.318 e. The molecule has 1 amide bonds. The maximum atomic E-state index is 13.1. The van der Waals surface area contributed by atoms with Crippen LogP contribution in [0.2, 0.25) is 0 Å². The summed E-state index contributed by atoms with van der Waals surface area (Å²) in [5.74, 6) is 0.859. The third-order valence-corrected chi connectivity index (χ3v) is 4.97. The smallest absolute Gasteiger partial charge is 0.244 e. The minimum atomic E-state index is -0.342. The minimum Gasteiger partial charge on any atom is -0.318 e. The number of rotatable bonds is 4. The lowest BCUT2D eigenvalue weighted by molar-refractivity contribution is -0.132. The summed E-state index contributed by atoms with van der Waals surface area (Å²) >= 11 is 1.74. The molecule has 2 aliphatic rings. The topological polar surface area (TPSA) is 32.3 Å². The van der Waals surface area contributed by atoms with Gasteiger partial charge in [0.1, 0.15) is 17.5 Å². The van der Waals surface area contributed by atoms with Crippen molar-refractivity contribution in [3.05, 3.63) is 35.6 Å². The van der Waals surface area contributed by atoms with E-state index in [1.807, 2.05) is 11.2 Å². The Morgan fingerprint density at radius 2 is 2.10 bits per heavy atom. The molecular weight excluding hydrogens is 275 g/mol. The monoisotopic (exact) mass is 294 g/mol. The lowest BCUT2D eigenvalue weighted by Gasteiger charge is -2.30. The molecule has 1 aliphatic heterocycles. The van der Waals surface area contributed by atoms with Gasteiger partial charge in [0, 0.05) is 11.8 Å². The molecule has 3 rings (SSSR count). The predicted molar refractivity (Wildman–Crippen MR) is 78.9 cm³/mol. The molecule has 0 bridgehead atoms. The molecule has 108 valence electrons. The van der Waals surface area contributed by atoms with E-state index in [4.69, 9.17) is 0 Å². The van der Waals surface area contributed by atoms with Gasteiger partial charge in [0.15, 0.2) is 0 Å². The van der Waals surface area contributed by atoms with Crippen molar-refractivity contribution in [2.45, 2.75) is 37.5 Å². The standard InChI is InChI=1S/C15H19FN2OS/c1-10(9-20-2)18-13(11-3-5-12(16)6-4-11)17-15(7-8-15)14(18)19/h3-6,10,13,17H,7-9H2,1-2H3. The predicted octanol–water partition coefficient (Wildman–Crippen LogP) is 2.54. The molecule has 1 aromatic rings. The third-order valence-electron chi connectivity index (χ3n) is 4.15.